The molecule has 0 saturated carbocycles. The Kier molecular flexibility index (Phi) is 6.21. The van der Waals surface area contributed by atoms with Crippen LogP contribution < -0.4 is 5.32 Å². The number of halogens is 2. The van der Waals surface area contributed by atoms with Crippen molar-refractivity contribution in [2.75, 3.05) is 6.54 Å². The fourth-order valence-corrected chi connectivity index (χ4v) is 2.23. The van der Waals surface area contributed by atoms with E-state index in [1.165, 1.54) is 11.6 Å². The zero-order valence-corrected chi connectivity index (χ0v) is 13.8. The van der Waals surface area contributed by atoms with E-state index < -0.39 is 0 Å². The molecule has 0 bridgehead atoms. The van der Waals surface area contributed by atoms with E-state index in [1.54, 1.807) is 6.07 Å². The van der Waals surface area contributed by atoms with Gasteiger partial charge < -0.3 is 5.32 Å². The van der Waals surface area contributed by atoms with Crippen molar-refractivity contribution < 1.29 is 4.39 Å². The highest BCUT2D eigenvalue weighted by molar-refractivity contribution is 9.10. The standard InChI is InChI=1S/C16H23BrFN/c1-12(6-5-9-19-16(2,3)4)10-13-11-14(17)7-8-15(13)18/h6-8,11,19H,5,9-10H2,1-4H3. The molecule has 19 heavy (non-hydrogen) atoms. The van der Waals surface area contributed by atoms with Crippen LogP contribution in [-0.4, -0.2) is 12.1 Å². The van der Waals surface area contributed by atoms with Crippen LogP contribution in [-0.2, 0) is 6.42 Å². The molecule has 106 valence electrons. The van der Waals surface area contributed by atoms with E-state index in [9.17, 15) is 4.39 Å². The van der Waals surface area contributed by atoms with E-state index in [-0.39, 0.29) is 11.4 Å². The normalized spacial score (nSPS) is 12.8. The molecule has 0 spiro atoms. The van der Waals surface area contributed by atoms with Crippen LogP contribution in [0.15, 0.2) is 34.3 Å². The van der Waals surface area contributed by atoms with Crippen molar-refractivity contribution in [2.45, 2.75) is 46.1 Å². The predicted molar refractivity (Wildman–Crippen MR) is 83.9 cm³/mol. The molecule has 1 N–H and O–H groups in total. The zero-order valence-electron chi connectivity index (χ0n) is 12.2. The van der Waals surface area contributed by atoms with Crippen LogP contribution >= 0.6 is 15.9 Å². The maximum atomic E-state index is 13.6. The summed E-state index contributed by atoms with van der Waals surface area (Å²) in [6.07, 6.45) is 3.82. The number of hydrogen-bond acceptors (Lipinski definition) is 1. The van der Waals surface area contributed by atoms with Crippen LogP contribution in [0.5, 0.6) is 0 Å². The molecule has 0 radical (unpaired) electrons. The molecule has 0 aliphatic rings. The summed E-state index contributed by atoms with van der Waals surface area (Å²) in [5, 5.41) is 3.44. The first-order valence-corrected chi connectivity index (χ1v) is 7.42. The van der Waals surface area contributed by atoms with Gasteiger partial charge in [0, 0.05) is 10.0 Å². The summed E-state index contributed by atoms with van der Waals surface area (Å²) in [5.74, 6) is -0.135. The number of hydrogen-bond donors (Lipinski definition) is 1. The quantitative estimate of drug-likeness (QED) is 0.601. The van der Waals surface area contributed by atoms with E-state index in [1.807, 2.05) is 6.07 Å². The van der Waals surface area contributed by atoms with Gasteiger partial charge in [-0.1, -0.05) is 27.6 Å². The van der Waals surface area contributed by atoms with Gasteiger partial charge in [0.25, 0.3) is 0 Å². The highest BCUT2D eigenvalue weighted by atomic mass is 79.9. The van der Waals surface area contributed by atoms with Gasteiger partial charge in [-0.05, 0) is 70.8 Å². The largest absolute Gasteiger partial charge is 0.312 e. The van der Waals surface area contributed by atoms with E-state index in [2.05, 4.69) is 55.0 Å². The molecule has 0 heterocycles. The fourth-order valence-electron chi connectivity index (χ4n) is 1.82. The summed E-state index contributed by atoms with van der Waals surface area (Å²) in [5.41, 5.74) is 2.10. The lowest BCUT2D eigenvalue weighted by Crippen LogP contribution is -2.36. The molecule has 1 nitrogen and oxygen atoms in total. The smallest absolute Gasteiger partial charge is 0.126 e. The van der Waals surface area contributed by atoms with Crippen molar-refractivity contribution in [3.63, 3.8) is 0 Å². The highest BCUT2D eigenvalue weighted by Gasteiger charge is 2.07. The molecule has 1 aromatic rings. The van der Waals surface area contributed by atoms with Gasteiger partial charge >= 0.3 is 0 Å². The van der Waals surface area contributed by atoms with Gasteiger partial charge in [-0.15, -0.1) is 0 Å². The summed E-state index contributed by atoms with van der Waals surface area (Å²) in [7, 11) is 0. The van der Waals surface area contributed by atoms with E-state index in [0.29, 0.717) is 6.42 Å². The minimum Gasteiger partial charge on any atom is -0.312 e. The maximum absolute atomic E-state index is 13.6. The molecular weight excluding hydrogens is 305 g/mol. The number of rotatable bonds is 5. The molecule has 1 rings (SSSR count). The lowest BCUT2D eigenvalue weighted by atomic mass is 10.0. The van der Waals surface area contributed by atoms with Crippen LogP contribution in [0.2, 0.25) is 0 Å². The van der Waals surface area contributed by atoms with E-state index >= 15 is 0 Å². The second-order valence-electron chi connectivity index (χ2n) is 5.93. The Morgan fingerprint density at radius 2 is 2.05 bits per heavy atom. The van der Waals surface area contributed by atoms with Gasteiger partial charge in [-0.2, -0.15) is 0 Å². The van der Waals surface area contributed by atoms with Crippen LogP contribution in [0.25, 0.3) is 0 Å². The van der Waals surface area contributed by atoms with Crippen molar-refractivity contribution >= 4 is 15.9 Å². The number of nitrogens with one attached hydrogen (secondary N) is 1. The van der Waals surface area contributed by atoms with Gasteiger partial charge in [-0.3, -0.25) is 0 Å². The molecule has 1 aromatic carbocycles. The van der Waals surface area contributed by atoms with Crippen molar-refractivity contribution in [3.8, 4) is 0 Å². The molecule has 0 fully saturated rings. The first kappa shape index (κ1) is 16.4. The Labute approximate surface area is 124 Å². The van der Waals surface area contributed by atoms with Crippen LogP contribution in [0, 0.1) is 5.82 Å². The Balaban J connectivity index is 2.50. The van der Waals surface area contributed by atoms with Crippen LogP contribution in [0.3, 0.4) is 0 Å². The molecule has 0 aromatic heterocycles. The van der Waals surface area contributed by atoms with Crippen molar-refractivity contribution in [2.24, 2.45) is 0 Å². The van der Waals surface area contributed by atoms with E-state index in [0.717, 1.165) is 23.0 Å². The van der Waals surface area contributed by atoms with Gasteiger partial charge in [0.15, 0.2) is 0 Å². The average molecular weight is 328 g/mol. The topological polar surface area (TPSA) is 12.0 Å². The molecule has 0 unspecified atom stereocenters. The second-order valence-corrected chi connectivity index (χ2v) is 6.84. The third kappa shape index (κ3) is 6.88. The highest BCUT2D eigenvalue weighted by Crippen LogP contribution is 2.18. The molecule has 0 amide bonds. The van der Waals surface area contributed by atoms with E-state index in [4.69, 9.17) is 0 Å². The van der Waals surface area contributed by atoms with Gasteiger partial charge in [-0.25, -0.2) is 4.39 Å². The Morgan fingerprint density at radius 3 is 2.68 bits per heavy atom. The first-order valence-electron chi connectivity index (χ1n) is 6.62. The maximum Gasteiger partial charge on any atom is 0.126 e. The molecule has 0 atom stereocenters. The molecule has 0 aliphatic heterocycles. The predicted octanol–water partition coefficient (Wildman–Crippen LogP) is 4.86. The van der Waals surface area contributed by atoms with Gasteiger partial charge in [0.2, 0.25) is 0 Å². The third-order valence-corrected chi connectivity index (χ3v) is 3.26. The summed E-state index contributed by atoms with van der Waals surface area (Å²) in [6, 6.07) is 5.08. The second kappa shape index (κ2) is 7.20. The Hall–Kier alpha value is -0.670. The molecule has 0 saturated heterocycles. The Morgan fingerprint density at radius 1 is 1.37 bits per heavy atom. The molecular formula is C16H23BrFN. The van der Waals surface area contributed by atoms with Crippen LogP contribution in [0.1, 0.15) is 39.7 Å². The summed E-state index contributed by atoms with van der Waals surface area (Å²) >= 11 is 3.38. The summed E-state index contributed by atoms with van der Waals surface area (Å²) in [4.78, 5) is 0. The SMILES string of the molecule is CC(=CCCNC(C)(C)C)Cc1cc(Br)ccc1F. The Bertz CT molecular complexity index is 447. The number of benzene rings is 1. The number of allylic oxidation sites excluding steroid dienone is 1. The van der Waals surface area contributed by atoms with Gasteiger partial charge in [0.05, 0.1) is 0 Å². The van der Waals surface area contributed by atoms with Crippen molar-refractivity contribution in [3.05, 3.63) is 45.7 Å². The monoisotopic (exact) mass is 327 g/mol. The summed E-state index contributed by atoms with van der Waals surface area (Å²) in [6.45, 7) is 9.46. The fraction of sp³-hybridized carbons (Fsp3) is 0.500. The molecule has 0 aliphatic carbocycles. The minimum absolute atomic E-state index is 0.135. The first-order chi connectivity index (χ1) is 8.78. The van der Waals surface area contributed by atoms with Gasteiger partial charge in [0.1, 0.15) is 5.82 Å². The minimum atomic E-state index is -0.135. The van der Waals surface area contributed by atoms with Crippen molar-refractivity contribution in [1.82, 2.24) is 5.32 Å². The van der Waals surface area contributed by atoms with Crippen LogP contribution in [0.4, 0.5) is 4.39 Å². The lowest BCUT2D eigenvalue weighted by molar-refractivity contribution is 0.431. The lowest BCUT2D eigenvalue weighted by Gasteiger charge is -2.19. The van der Waals surface area contributed by atoms with Crippen molar-refractivity contribution in [1.29, 1.82) is 0 Å². The molecule has 3 heteroatoms. The average Bonchev–Trinajstić information content (AvgIpc) is 2.28. The zero-order chi connectivity index (χ0) is 14.5. The summed E-state index contributed by atoms with van der Waals surface area (Å²) < 4.78 is 14.5. The third-order valence-electron chi connectivity index (χ3n) is 2.77.